The minimum Gasteiger partial charge on any atom is -0.339 e. The van der Waals surface area contributed by atoms with E-state index in [0.29, 0.717) is 0 Å². The Kier molecular flexibility index (Phi) is 5.76. The second-order valence-corrected chi connectivity index (χ2v) is 5.99. The lowest BCUT2D eigenvalue weighted by Gasteiger charge is -2.36. The molecule has 1 aromatic rings. The van der Waals surface area contributed by atoms with Crippen LogP contribution in [-0.2, 0) is 11.3 Å². The second kappa shape index (κ2) is 7.57. The number of benzene rings is 1. The number of aryl methyl sites for hydroxylation is 1. The van der Waals surface area contributed by atoms with Gasteiger partial charge in [-0.2, -0.15) is 0 Å². The van der Waals surface area contributed by atoms with Gasteiger partial charge in [-0.05, 0) is 18.9 Å². The number of nitrogens with zero attached hydrogens (tertiary/aromatic N) is 2. The van der Waals surface area contributed by atoms with E-state index in [4.69, 9.17) is 5.73 Å². The van der Waals surface area contributed by atoms with Gasteiger partial charge < -0.3 is 10.6 Å². The predicted molar refractivity (Wildman–Crippen MR) is 85.9 cm³/mol. The minimum atomic E-state index is -0.321. The van der Waals surface area contributed by atoms with Gasteiger partial charge in [0.15, 0.2) is 0 Å². The summed E-state index contributed by atoms with van der Waals surface area (Å²) in [5.74, 6) is 0.118. The van der Waals surface area contributed by atoms with Crippen molar-refractivity contribution in [3.8, 4) is 0 Å². The number of carbonyl (C=O) groups excluding carboxylic acids is 1. The van der Waals surface area contributed by atoms with E-state index >= 15 is 0 Å². The van der Waals surface area contributed by atoms with Gasteiger partial charge in [-0.3, -0.25) is 9.69 Å². The fourth-order valence-electron chi connectivity index (χ4n) is 2.86. The first-order valence-electron chi connectivity index (χ1n) is 7.92. The molecule has 1 unspecified atom stereocenters. The molecule has 0 spiro atoms. The van der Waals surface area contributed by atoms with E-state index in [1.54, 1.807) is 0 Å². The average molecular weight is 289 g/mol. The topological polar surface area (TPSA) is 49.6 Å². The van der Waals surface area contributed by atoms with Crippen LogP contribution in [0.4, 0.5) is 0 Å². The number of amides is 1. The maximum atomic E-state index is 12.2. The van der Waals surface area contributed by atoms with E-state index in [9.17, 15) is 4.79 Å². The Hall–Kier alpha value is -1.39. The van der Waals surface area contributed by atoms with Gasteiger partial charge >= 0.3 is 0 Å². The molecule has 1 aromatic carbocycles. The molecule has 1 amide bonds. The zero-order chi connectivity index (χ0) is 15.2. The molecule has 1 atom stereocenters. The summed E-state index contributed by atoms with van der Waals surface area (Å²) in [5.41, 5.74) is 8.57. The monoisotopic (exact) mass is 289 g/mol. The van der Waals surface area contributed by atoms with Gasteiger partial charge in [0.1, 0.15) is 0 Å². The Labute approximate surface area is 127 Å². The van der Waals surface area contributed by atoms with Gasteiger partial charge in [0.2, 0.25) is 5.91 Å². The van der Waals surface area contributed by atoms with Gasteiger partial charge in [0.25, 0.3) is 0 Å². The summed E-state index contributed by atoms with van der Waals surface area (Å²) < 4.78 is 0. The van der Waals surface area contributed by atoms with E-state index in [2.05, 4.69) is 43.0 Å². The summed E-state index contributed by atoms with van der Waals surface area (Å²) in [6.07, 6.45) is 1.74. The van der Waals surface area contributed by atoms with Crippen LogP contribution in [0.2, 0.25) is 0 Å². The van der Waals surface area contributed by atoms with E-state index in [1.165, 1.54) is 11.1 Å². The summed E-state index contributed by atoms with van der Waals surface area (Å²) >= 11 is 0. The molecule has 1 saturated heterocycles. The third-order valence-corrected chi connectivity index (χ3v) is 4.09. The normalized spacial score (nSPS) is 17.8. The lowest BCUT2D eigenvalue weighted by molar-refractivity contribution is -0.134. The second-order valence-electron chi connectivity index (χ2n) is 5.99. The highest BCUT2D eigenvalue weighted by Gasteiger charge is 2.24. The quantitative estimate of drug-likeness (QED) is 0.898. The Morgan fingerprint density at radius 2 is 2.00 bits per heavy atom. The predicted octanol–water partition coefficient (Wildman–Crippen LogP) is 1.77. The Balaban J connectivity index is 1.82. The van der Waals surface area contributed by atoms with Crippen molar-refractivity contribution < 1.29 is 4.79 Å². The fraction of sp³-hybridized carbons (Fsp3) is 0.588. The number of piperazine rings is 1. The summed E-state index contributed by atoms with van der Waals surface area (Å²) in [5, 5.41) is 0. The summed E-state index contributed by atoms with van der Waals surface area (Å²) in [6, 6.07) is 8.30. The molecule has 0 aromatic heterocycles. The number of carbonyl (C=O) groups is 1. The smallest absolute Gasteiger partial charge is 0.239 e. The van der Waals surface area contributed by atoms with Crippen LogP contribution < -0.4 is 5.73 Å². The van der Waals surface area contributed by atoms with Crippen LogP contribution in [0.1, 0.15) is 30.9 Å². The summed E-state index contributed by atoms with van der Waals surface area (Å²) in [7, 11) is 0. The largest absolute Gasteiger partial charge is 0.339 e. The molecule has 4 nitrogen and oxygen atoms in total. The molecule has 116 valence electrons. The molecule has 2 N–H and O–H groups in total. The Bertz CT molecular complexity index is 467. The van der Waals surface area contributed by atoms with Crippen molar-refractivity contribution >= 4 is 5.91 Å². The third-order valence-electron chi connectivity index (χ3n) is 4.09. The molecule has 0 bridgehead atoms. The van der Waals surface area contributed by atoms with Crippen LogP contribution >= 0.6 is 0 Å². The van der Waals surface area contributed by atoms with Crippen molar-refractivity contribution in [3.05, 3.63) is 35.4 Å². The maximum absolute atomic E-state index is 12.2. The summed E-state index contributed by atoms with van der Waals surface area (Å²) in [4.78, 5) is 16.5. The molecule has 1 heterocycles. The molecule has 1 aliphatic heterocycles. The van der Waals surface area contributed by atoms with E-state index in [0.717, 1.165) is 45.6 Å². The lowest BCUT2D eigenvalue weighted by Crippen LogP contribution is -2.52. The van der Waals surface area contributed by atoms with Crippen molar-refractivity contribution in [3.63, 3.8) is 0 Å². The first-order valence-corrected chi connectivity index (χ1v) is 7.92. The SMILES string of the molecule is CCCC(N)C(=O)N1CCN(Cc2cccc(C)c2)CC1. The molecular formula is C17H27N3O. The zero-order valence-corrected chi connectivity index (χ0v) is 13.2. The standard InChI is InChI=1S/C17H27N3O/c1-3-5-16(18)17(21)20-10-8-19(9-11-20)13-15-7-4-6-14(2)12-15/h4,6-7,12,16H,3,5,8-11,13,18H2,1-2H3. The van der Waals surface area contributed by atoms with Crippen LogP contribution in [0.3, 0.4) is 0 Å². The van der Waals surface area contributed by atoms with Gasteiger partial charge in [0.05, 0.1) is 6.04 Å². The molecule has 0 saturated carbocycles. The first-order chi connectivity index (χ1) is 10.1. The van der Waals surface area contributed by atoms with Gasteiger partial charge in [-0.25, -0.2) is 0 Å². The highest BCUT2D eigenvalue weighted by atomic mass is 16.2. The Morgan fingerprint density at radius 3 is 2.62 bits per heavy atom. The van der Waals surface area contributed by atoms with Crippen LogP contribution in [0.15, 0.2) is 24.3 Å². The van der Waals surface area contributed by atoms with Crippen LogP contribution in [0, 0.1) is 6.92 Å². The molecule has 1 aliphatic rings. The highest BCUT2D eigenvalue weighted by Crippen LogP contribution is 2.11. The van der Waals surface area contributed by atoms with Gasteiger partial charge in [-0.15, -0.1) is 0 Å². The van der Waals surface area contributed by atoms with Crippen molar-refractivity contribution in [1.29, 1.82) is 0 Å². The molecule has 21 heavy (non-hydrogen) atoms. The van der Waals surface area contributed by atoms with Gasteiger partial charge in [-0.1, -0.05) is 43.2 Å². The lowest BCUT2D eigenvalue weighted by atomic mass is 10.1. The van der Waals surface area contributed by atoms with Crippen molar-refractivity contribution in [1.82, 2.24) is 9.80 Å². The van der Waals surface area contributed by atoms with Crippen LogP contribution in [-0.4, -0.2) is 47.9 Å². The molecule has 4 heteroatoms. The van der Waals surface area contributed by atoms with Crippen LogP contribution in [0.25, 0.3) is 0 Å². The van der Waals surface area contributed by atoms with E-state index in [1.807, 2.05) is 4.90 Å². The Morgan fingerprint density at radius 1 is 1.29 bits per heavy atom. The molecule has 0 radical (unpaired) electrons. The van der Waals surface area contributed by atoms with Crippen molar-refractivity contribution in [2.45, 2.75) is 39.3 Å². The third kappa shape index (κ3) is 4.55. The number of hydrogen-bond donors (Lipinski definition) is 1. The van der Waals surface area contributed by atoms with Crippen molar-refractivity contribution in [2.24, 2.45) is 5.73 Å². The maximum Gasteiger partial charge on any atom is 0.239 e. The molecular weight excluding hydrogens is 262 g/mol. The molecule has 1 fully saturated rings. The number of hydrogen-bond acceptors (Lipinski definition) is 3. The first kappa shape index (κ1) is 16.0. The van der Waals surface area contributed by atoms with E-state index < -0.39 is 0 Å². The minimum absolute atomic E-state index is 0.118. The average Bonchev–Trinajstić information content (AvgIpc) is 2.47. The number of rotatable bonds is 5. The van der Waals surface area contributed by atoms with E-state index in [-0.39, 0.29) is 11.9 Å². The molecule has 0 aliphatic carbocycles. The zero-order valence-electron chi connectivity index (χ0n) is 13.2. The molecule has 2 rings (SSSR count). The number of nitrogens with two attached hydrogens (primary N) is 1. The fourth-order valence-corrected chi connectivity index (χ4v) is 2.86. The van der Waals surface area contributed by atoms with Crippen molar-refractivity contribution in [2.75, 3.05) is 26.2 Å². The summed E-state index contributed by atoms with van der Waals surface area (Å²) in [6.45, 7) is 8.59. The van der Waals surface area contributed by atoms with Gasteiger partial charge in [0, 0.05) is 32.7 Å². The van der Waals surface area contributed by atoms with Crippen LogP contribution in [0.5, 0.6) is 0 Å². The highest BCUT2D eigenvalue weighted by molar-refractivity contribution is 5.81.